The van der Waals surface area contributed by atoms with Crippen LogP contribution in [0.5, 0.6) is 5.75 Å². The van der Waals surface area contributed by atoms with E-state index in [1.54, 1.807) is 24.3 Å². The first-order chi connectivity index (χ1) is 17.4. The van der Waals surface area contributed by atoms with Crippen LogP contribution in [-0.2, 0) is 25.6 Å². The van der Waals surface area contributed by atoms with Gasteiger partial charge in [-0.25, -0.2) is 0 Å². The van der Waals surface area contributed by atoms with Gasteiger partial charge in [-0.3, -0.25) is 19.2 Å². The lowest BCUT2D eigenvalue weighted by Crippen LogP contribution is -2.44. The van der Waals surface area contributed by atoms with Gasteiger partial charge in [-0.15, -0.1) is 0 Å². The minimum atomic E-state index is -0.691. The number of phenols is 1. The molecule has 0 aromatic heterocycles. The fraction of sp³-hybridized carbons (Fsp3) is 0.630. The molecule has 1 heterocycles. The van der Waals surface area contributed by atoms with Gasteiger partial charge in [-0.2, -0.15) is 0 Å². The van der Waals surface area contributed by atoms with Crippen LogP contribution < -0.4 is 22.1 Å². The molecular formula is C27H48N4O6. The van der Waals surface area contributed by atoms with Crippen molar-refractivity contribution in [3.63, 3.8) is 0 Å². The number of primary amides is 2. The van der Waals surface area contributed by atoms with Crippen molar-refractivity contribution in [1.29, 1.82) is 0 Å². The quantitative estimate of drug-likeness (QED) is 0.254. The average Bonchev–Trinajstić information content (AvgIpc) is 3.39. The van der Waals surface area contributed by atoms with Crippen LogP contribution in [0.1, 0.15) is 84.6 Å². The van der Waals surface area contributed by atoms with Crippen molar-refractivity contribution in [2.24, 2.45) is 16.9 Å². The molecule has 1 saturated heterocycles. The summed E-state index contributed by atoms with van der Waals surface area (Å²) >= 11 is 0. The number of carboxylic acid groups (broad SMARTS) is 1. The maximum absolute atomic E-state index is 11.7. The van der Waals surface area contributed by atoms with Crippen molar-refractivity contribution in [3.8, 4) is 5.75 Å². The number of hydrogen-bond acceptors (Lipinski definition) is 6. The summed E-state index contributed by atoms with van der Waals surface area (Å²) in [5.74, 6) is -1.18. The van der Waals surface area contributed by atoms with Crippen molar-refractivity contribution < 1.29 is 29.4 Å². The molecule has 2 rings (SSSR count). The number of aryl methyl sites for hydroxylation is 1. The van der Waals surface area contributed by atoms with Crippen molar-refractivity contribution >= 4 is 24.2 Å². The van der Waals surface area contributed by atoms with Crippen molar-refractivity contribution in [1.82, 2.24) is 10.6 Å². The number of carbonyl (C=O) groups excluding carboxylic acids is 3. The smallest absolute Gasteiger partial charge is 0.303 e. The highest BCUT2D eigenvalue weighted by Gasteiger charge is 2.16. The van der Waals surface area contributed by atoms with Crippen LogP contribution in [0.4, 0.5) is 0 Å². The summed E-state index contributed by atoms with van der Waals surface area (Å²) in [6.07, 6.45) is 7.30. The predicted octanol–water partition coefficient (Wildman–Crippen LogP) is 2.85. The van der Waals surface area contributed by atoms with E-state index in [9.17, 15) is 14.4 Å². The third-order valence-electron chi connectivity index (χ3n) is 5.11. The second-order valence-corrected chi connectivity index (χ2v) is 9.88. The van der Waals surface area contributed by atoms with Crippen molar-refractivity contribution in [2.75, 3.05) is 13.1 Å². The molecule has 0 radical (unpaired) electrons. The van der Waals surface area contributed by atoms with Gasteiger partial charge in [0, 0.05) is 12.8 Å². The zero-order valence-corrected chi connectivity index (χ0v) is 22.9. The summed E-state index contributed by atoms with van der Waals surface area (Å²) in [7, 11) is 0. The van der Waals surface area contributed by atoms with E-state index in [0.717, 1.165) is 24.8 Å². The van der Waals surface area contributed by atoms with Gasteiger partial charge in [-0.05, 0) is 74.7 Å². The van der Waals surface area contributed by atoms with Gasteiger partial charge in [0.1, 0.15) is 11.8 Å². The summed E-state index contributed by atoms with van der Waals surface area (Å²) in [6.45, 7) is 10.8. The zero-order valence-electron chi connectivity index (χ0n) is 22.9. The predicted molar refractivity (Wildman–Crippen MR) is 146 cm³/mol. The second-order valence-electron chi connectivity index (χ2n) is 9.88. The standard InChI is InChI=1S/C14H20N2O3.C8H16O2.C4H9N.CH3NO/c1-2-3-12(14(15)19)16-13(18)9-6-10-4-7-11(17)8-5-10;1-8(2,3)6-4-5-7(9)10;1-2-4-5-3-1;2-1-3/h4-5,7-8,12,17H,2-3,6,9H2,1H3,(H2,15,19)(H,16,18);4-6H2,1-3H3,(H,9,10);5H,1-4H2;1H,(H2,2,3). The monoisotopic (exact) mass is 524 g/mol. The highest BCUT2D eigenvalue weighted by Crippen LogP contribution is 2.21. The van der Waals surface area contributed by atoms with Gasteiger partial charge in [-0.1, -0.05) is 46.2 Å². The summed E-state index contributed by atoms with van der Waals surface area (Å²) in [6, 6.07) is 6.10. The van der Waals surface area contributed by atoms with Gasteiger partial charge in [0.15, 0.2) is 0 Å². The van der Waals surface area contributed by atoms with Crippen LogP contribution in [0.3, 0.4) is 0 Å². The molecule has 0 saturated carbocycles. The largest absolute Gasteiger partial charge is 0.508 e. The number of benzene rings is 1. The highest BCUT2D eigenvalue weighted by molar-refractivity contribution is 5.86. The fourth-order valence-electron chi connectivity index (χ4n) is 3.16. The molecule has 0 spiro atoms. The third-order valence-corrected chi connectivity index (χ3v) is 5.11. The molecule has 37 heavy (non-hydrogen) atoms. The average molecular weight is 525 g/mol. The van der Waals surface area contributed by atoms with Crippen LogP contribution in [0.2, 0.25) is 0 Å². The Balaban J connectivity index is 0. The van der Waals surface area contributed by atoms with Gasteiger partial charge in [0.2, 0.25) is 18.2 Å². The molecule has 1 aliphatic heterocycles. The van der Waals surface area contributed by atoms with E-state index in [2.05, 4.69) is 37.1 Å². The van der Waals surface area contributed by atoms with Gasteiger partial charge < -0.3 is 32.3 Å². The maximum atomic E-state index is 11.7. The van der Waals surface area contributed by atoms with E-state index in [0.29, 0.717) is 19.3 Å². The van der Waals surface area contributed by atoms with Gasteiger partial charge in [0.25, 0.3) is 0 Å². The number of carboxylic acids is 1. The minimum Gasteiger partial charge on any atom is -0.508 e. The molecular weight excluding hydrogens is 476 g/mol. The van der Waals surface area contributed by atoms with E-state index in [1.807, 2.05) is 6.92 Å². The van der Waals surface area contributed by atoms with E-state index in [-0.39, 0.29) is 29.9 Å². The summed E-state index contributed by atoms with van der Waals surface area (Å²) in [5.41, 5.74) is 10.6. The Hall–Kier alpha value is -3.14. The Labute approximate surface area is 221 Å². The van der Waals surface area contributed by atoms with E-state index >= 15 is 0 Å². The topological polar surface area (TPSA) is 185 Å². The highest BCUT2D eigenvalue weighted by atomic mass is 16.4. The number of aromatic hydroxyl groups is 1. The molecule has 1 atom stereocenters. The molecule has 10 nitrogen and oxygen atoms in total. The van der Waals surface area contributed by atoms with Crippen LogP contribution in [0.25, 0.3) is 0 Å². The van der Waals surface area contributed by atoms with Crippen molar-refractivity contribution in [2.45, 2.75) is 91.5 Å². The molecule has 3 amide bonds. The van der Waals surface area contributed by atoms with Crippen LogP contribution in [0, 0.1) is 5.41 Å². The molecule has 1 aliphatic rings. The van der Waals surface area contributed by atoms with Gasteiger partial charge in [0.05, 0.1) is 0 Å². The number of aliphatic carboxylic acids is 1. The number of nitrogens with two attached hydrogens (primary N) is 2. The molecule has 10 heteroatoms. The van der Waals surface area contributed by atoms with E-state index in [4.69, 9.17) is 20.7 Å². The van der Waals surface area contributed by atoms with Crippen LogP contribution in [0.15, 0.2) is 24.3 Å². The van der Waals surface area contributed by atoms with E-state index in [1.165, 1.54) is 25.9 Å². The summed E-state index contributed by atoms with van der Waals surface area (Å²) < 4.78 is 0. The Bertz CT molecular complexity index is 752. The number of hydrogen-bond donors (Lipinski definition) is 6. The molecule has 1 aromatic rings. The second kappa shape index (κ2) is 22.1. The lowest BCUT2D eigenvalue weighted by atomic mass is 9.90. The molecule has 0 aliphatic carbocycles. The Morgan fingerprint density at radius 2 is 1.65 bits per heavy atom. The number of carbonyl (C=O) groups is 4. The Morgan fingerprint density at radius 1 is 1.11 bits per heavy atom. The number of rotatable bonds is 10. The van der Waals surface area contributed by atoms with Crippen LogP contribution in [-0.4, -0.2) is 53.5 Å². The molecule has 8 N–H and O–H groups in total. The lowest BCUT2D eigenvalue weighted by Gasteiger charge is -2.16. The Morgan fingerprint density at radius 3 is 2.03 bits per heavy atom. The van der Waals surface area contributed by atoms with Crippen LogP contribution >= 0.6 is 0 Å². The molecule has 1 fully saturated rings. The molecule has 0 bridgehead atoms. The third kappa shape index (κ3) is 25.8. The fourth-order valence-corrected chi connectivity index (χ4v) is 3.16. The normalized spacial score (nSPS) is 12.8. The lowest BCUT2D eigenvalue weighted by molar-refractivity contribution is -0.137. The first-order valence-electron chi connectivity index (χ1n) is 12.8. The van der Waals surface area contributed by atoms with Gasteiger partial charge >= 0.3 is 5.97 Å². The number of amides is 3. The van der Waals surface area contributed by atoms with Crippen molar-refractivity contribution in [3.05, 3.63) is 29.8 Å². The summed E-state index contributed by atoms with van der Waals surface area (Å²) in [4.78, 5) is 41.5. The number of nitrogens with one attached hydrogen (secondary N) is 2. The molecule has 1 unspecified atom stereocenters. The summed E-state index contributed by atoms with van der Waals surface area (Å²) in [5, 5.41) is 23.3. The molecule has 1 aromatic carbocycles. The maximum Gasteiger partial charge on any atom is 0.303 e. The van der Waals surface area contributed by atoms with E-state index < -0.39 is 17.9 Å². The molecule has 212 valence electrons. The minimum absolute atomic E-state index is 0.190. The first-order valence-corrected chi connectivity index (χ1v) is 12.8. The SMILES string of the molecule is C1CCNC1.CC(C)(C)CCCC(=O)O.CCCC(NC(=O)CCc1ccc(O)cc1)C(N)=O.NC=O. The first kappa shape index (κ1) is 36.0. The Kier molecular flexibility index (Phi) is 21.5. The number of phenolic OH excluding ortho intramolecular Hbond substituents is 1. The zero-order chi connectivity index (χ0) is 28.7.